The van der Waals surface area contributed by atoms with Gasteiger partial charge in [-0.15, -0.1) is 34.2 Å². The monoisotopic (exact) mass is 466 g/mol. The van der Waals surface area contributed by atoms with Crippen molar-refractivity contribution in [2.24, 2.45) is 12.0 Å². The van der Waals surface area contributed by atoms with E-state index in [1.807, 2.05) is 30.3 Å². The van der Waals surface area contributed by atoms with Gasteiger partial charge in [0.15, 0.2) is 11.8 Å². The Morgan fingerprint density at radius 3 is 2.67 bits per heavy atom. The lowest BCUT2D eigenvalue weighted by atomic mass is 9.96. The van der Waals surface area contributed by atoms with Gasteiger partial charge in [-0.05, 0) is 38.2 Å². The molecule has 8 heteroatoms. The molecule has 1 aromatic heterocycles. The fraction of sp³-hybridized carbons (Fsp3) is 0.812. The molecule has 1 aliphatic rings. The van der Waals surface area contributed by atoms with Crippen LogP contribution >= 0.6 is 35.7 Å². The van der Waals surface area contributed by atoms with Crippen LogP contribution in [0.1, 0.15) is 50.2 Å². The van der Waals surface area contributed by atoms with E-state index in [1.165, 1.54) is 37.9 Å². The molecule has 6 nitrogen and oxygen atoms in total. The Hall–Kier alpha value is -0.510. The maximum atomic E-state index is 4.72. The van der Waals surface area contributed by atoms with E-state index in [0.717, 1.165) is 30.6 Å². The first-order chi connectivity index (χ1) is 11.2. The highest BCUT2D eigenvalue weighted by Gasteiger charge is 2.14. The van der Waals surface area contributed by atoms with Gasteiger partial charge in [-0.2, -0.15) is 11.8 Å². The number of thioether (sulfide) groups is 1. The Kier molecular flexibility index (Phi) is 10.7. The van der Waals surface area contributed by atoms with E-state index in [1.54, 1.807) is 0 Å². The van der Waals surface area contributed by atoms with Crippen LogP contribution in [0.5, 0.6) is 0 Å². The highest BCUT2D eigenvalue weighted by atomic mass is 127. The van der Waals surface area contributed by atoms with Crippen molar-refractivity contribution in [3.05, 3.63) is 11.6 Å². The van der Waals surface area contributed by atoms with Crippen molar-refractivity contribution in [2.75, 3.05) is 18.6 Å². The Morgan fingerprint density at radius 2 is 2.04 bits per heavy atom. The zero-order valence-corrected chi connectivity index (χ0v) is 18.2. The summed E-state index contributed by atoms with van der Waals surface area (Å²) in [5.74, 6) is 3.91. The Balaban J connectivity index is 0.00000288. The summed E-state index contributed by atoms with van der Waals surface area (Å²) in [5, 5.41) is 15.4. The summed E-state index contributed by atoms with van der Waals surface area (Å²) in [4.78, 5) is 4.72. The molecule has 1 aromatic rings. The summed E-state index contributed by atoms with van der Waals surface area (Å²) in [6.45, 7) is 3.47. The van der Waals surface area contributed by atoms with E-state index in [9.17, 15) is 0 Å². The summed E-state index contributed by atoms with van der Waals surface area (Å²) >= 11 is 1.88. The Labute approximate surface area is 167 Å². The Morgan fingerprint density at radius 1 is 1.29 bits per heavy atom. The predicted molar refractivity (Wildman–Crippen MR) is 113 cm³/mol. The highest BCUT2D eigenvalue weighted by Crippen LogP contribution is 2.17. The third kappa shape index (κ3) is 7.16. The lowest BCUT2D eigenvalue weighted by Crippen LogP contribution is -2.44. The standard InChI is InChI=1S/C16H30N6S.HI/c1-13-20-21-15(22(13)2)12-18-16(17-10-7-11-23-3)19-14-8-5-4-6-9-14;/h14H,4-12H2,1-3H3,(H2,17,18,19);1H. The molecule has 0 bridgehead atoms. The SMILES string of the molecule is CSCCCNC(=NCc1nnc(C)n1C)NC1CCCCC1.I. The molecule has 0 spiro atoms. The number of rotatable bonds is 7. The van der Waals surface area contributed by atoms with Crippen LogP contribution in [-0.4, -0.2) is 45.3 Å². The fourth-order valence-corrected chi connectivity index (χ4v) is 3.19. The molecule has 138 valence electrons. The molecule has 1 aliphatic carbocycles. The average molecular weight is 466 g/mol. The summed E-state index contributed by atoms with van der Waals surface area (Å²) in [6, 6.07) is 0.553. The van der Waals surface area contributed by atoms with Gasteiger partial charge in [-0.1, -0.05) is 19.3 Å². The molecule has 0 saturated heterocycles. The summed E-state index contributed by atoms with van der Waals surface area (Å²) in [5.41, 5.74) is 0. The van der Waals surface area contributed by atoms with E-state index in [2.05, 4.69) is 27.1 Å². The third-order valence-electron chi connectivity index (χ3n) is 4.33. The van der Waals surface area contributed by atoms with Gasteiger partial charge in [0.2, 0.25) is 0 Å². The Bertz CT molecular complexity index is 499. The molecule has 0 atom stereocenters. The number of aromatic nitrogens is 3. The zero-order valence-electron chi connectivity index (χ0n) is 15.0. The number of nitrogens with one attached hydrogen (secondary N) is 2. The average Bonchev–Trinajstić information content (AvgIpc) is 2.89. The number of hydrogen-bond acceptors (Lipinski definition) is 4. The highest BCUT2D eigenvalue weighted by molar-refractivity contribution is 14.0. The molecule has 2 N–H and O–H groups in total. The van der Waals surface area contributed by atoms with E-state index in [4.69, 9.17) is 4.99 Å². The van der Waals surface area contributed by atoms with Crippen LogP contribution < -0.4 is 10.6 Å². The van der Waals surface area contributed by atoms with Gasteiger partial charge < -0.3 is 15.2 Å². The molecule has 24 heavy (non-hydrogen) atoms. The minimum atomic E-state index is 0. The van der Waals surface area contributed by atoms with Crippen LogP contribution in [0.3, 0.4) is 0 Å². The van der Waals surface area contributed by atoms with Crippen LogP contribution in [0, 0.1) is 6.92 Å². The van der Waals surface area contributed by atoms with Gasteiger partial charge in [0.1, 0.15) is 12.4 Å². The van der Waals surface area contributed by atoms with Crippen molar-refractivity contribution in [3.8, 4) is 0 Å². The second-order valence-electron chi connectivity index (χ2n) is 6.14. The molecule has 0 radical (unpaired) electrons. The minimum Gasteiger partial charge on any atom is -0.356 e. The van der Waals surface area contributed by atoms with Crippen LogP contribution in [0.4, 0.5) is 0 Å². The molecule has 1 fully saturated rings. The lowest BCUT2D eigenvalue weighted by Gasteiger charge is -2.25. The molecule has 1 saturated carbocycles. The van der Waals surface area contributed by atoms with Gasteiger partial charge in [0, 0.05) is 19.6 Å². The number of aryl methyl sites for hydroxylation is 1. The zero-order chi connectivity index (χ0) is 16.5. The van der Waals surface area contributed by atoms with Crippen molar-refractivity contribution >= 4 is 41.7 Å². The number of hydrogen-bond donors (Lipinski definition) is 2. The number of nitrogens with zero attached hydrogens (tertiary/aromatic N) is 4. The quantitative estimate of drug-likeness (QED) is 0.280. The molecule has 0 aliphatic heterocycles. The first-order valence-corrected chi connectivity index (χ1v) is 9.98. The molecule has 0 amide bonds. The first-order valence-electron chi connectivity index (χ1n) is 8.59. The van der Waals surface area contributed by atoms with Crippen molar-refractivity contribution < 1.29 is 0 Å². The molecular formula is C16H31IN6S. The minimum absolute atomic E-state index is 0. The number of halogens is 1. The van der Waals surface area contributed by atoms with E-state index in [0.29, 0.717) is 12.6 Å². The van der Waals surface area contributed by atoms with E-state index >= 15 is 0 Å². The second-order valence-corrected chi connectivity index (χ2v) is 7.13. The normalized spacial score (nSPS) is 15.9. The third-order valence-corrected chi connectivity index (χ3v) is 5.02. The number of aliphatic imine (C=N–C) groups is 1. The van der Waals surface area contributed by atoms with Gasteiger partial charge in [-0.25, -0.2) is 4.99 Å². The van der Waals surface area contributed by atoms with Crippen molar-refractivity contribution in [1.82, 2.24) is 25.4 Å². The second kappa shape index (κ2) is 11.9. The van der Waals surface area contributed by atoms with Gasteiger partial charge in [-0.3, -0.25) is 0 Å². The molecule has 1 heterocycles. The van der Waals surface area contributed by atoms with Crippen molar-refractivity contribution in [1.29, 1.82) is 0 Å². The van der Waals surface area contributed by atoms with E-state index < -0.39 is 0 Å². The maximum absolute atomic E-state index is 4.72. The van der Waals surface area contributed by atoms with Gasteiger partial charge >= 0.3 is 0 Å². The van der Waals surface area contributed by atoms with Crippen LogP contribution in [0.15, 0.2) is 4.99 Å². The summed E-state index contributed by atoms with van der Waals surface area (Å²) < 4.78 is 2.00. The molecule has 0 aromatic carbocycles. The number of guanidine groups is 1. The van der Waals surface area contributed by atoms with Crippen molar-refractivity contribution in [3.63, 3.8) is 0 Å². The van der Waals surface area contributed by atoms with Gasteiger partial charge in [0.05, 0.1) is 0 Å². The smallest absolute Gasteiger partial charge is 0.191 e. The lowest BCUT2D eigenvalue weighted by molar-refractivity contribution is 0.409. The van der Waals surface area contributed by atoms with Crippen LogP contribution in [0.25, 0.3) is 0 Å². The maximum Gasteiger partial charge on any atom is 0.191 e. The van der Waals surface area contributed by atoms with Gasteiger partial charge in [0.25, 0.3) is 0 Å². The molecule has 2 rings (SSSR count). The fourth-order valence-electron chi connectivity index (χ4n) is 2.75. The van der Waals surface area contributed by atoms with Crippen LogP contribution in [0.2, 0.25) is 0 Å². The summed E-state index contributed by atoms with van der Waals surface area (Å²) in [6.07, 6.45) is 9.79. The first kappa shape index (κ1) is 21.5. The largest absolute Gasteiger partial charge is 0.356 e. The van der Waals surface area contributed by atoms with E-state index in [-0.39, 0.29) is 24.0 Å². The summed E-state index contributed by atoms with van der Waals surface area (Å²) in [7, 11) is 1.99. The van der Waals surface area contributed by atoms with Crippen LogP contribution in [-0.2, 0) is 13.6 Å². The molecule has 0 unspecified atom stereocenters. The molecular weight excluding hydrogens is 435 g/mol. The predicted octanol–water partition coefficient (Wildman–Crippen LogP) is 2.86. The topological polar surface area (TPSA) is 67.1 Å². The van der Waals surface area contributed by atoms with Crippen molar-refractivity contribution in [2.45, 2.75) is 58.0 Å².